The predicted molar refractivity (Wildman–Crippen MR) is 87.0 cm³/mol. The Morgan fingerprint density at radius 3 is 2.88 bits per heavy atom. The lowest BCUT2D eigenvalue weighted by atomic mass is 9.79. The molecular weight excluding hydrogens is 337 g/mol. The molecule has 1 aliphatic heterocycles. The Balaban J connectivity index is 2.26. The maximum absolute atomic E-state index is 14.3. The second kappa shape index (κ2) is 8.26. The van der Waals surface area contributed by atoms with E-state index in [4.69, 9.17) is 21.1 Å². The smallest absolute Gasteiger partial charge is 0.315 e. The lowest BCUT2D eigenvalue weighted by Crippen LogP contribution is -2.42. The van der Waals surface area contributed by atoms with Crippen LogP contribution in [0.1, 0.15) is 24.8 Å². The van der Waals surface area contributed by atoms with Crippen LogP contribution in [0.3, 0.4) is 0 Å². The molecule has 0 radical (unpaired) electrons. The molecule has 1 aromatic carbocycles. The summed E-state index contributed by atoms with van der Waals surface area (Å²) in [7, 11) is 0. The topological polar surface area (TPSA) is 64.6 Å². The highest BCUT2D eigenvalue weighted by molar-refractivity contribution is 6.31. The summed E-state index contributed by atoms with van der Waals surface area (Å²) < 4.78 is 24.6. The van der Waals surface area contributed by atoms with Gasteiger partial charge in [-0.15, -0.1) is 0 Å². The molecule has 0 saturated carbocycles. The predicted octanol–water partition coefficient (Wildman–Crippen LogP) is 2.79. The van der Waals surface area contributed by atoms with E-state index in [1.807, 2.05) is 6.92 Å². The molecule has 2 rings (SSSR count). The van der Waals surface area contributed by atoms with Gasteiger partial charge in [0, 0.05) is 35.2 Å². The van der Waals surface area contributed by atoms with Crippen molar-refractivity contribution in [3.05, 3.63) is 46.9 Å². The molecule has 7 heteroatoms. The van der Waals surface area contributed by atoms with Crippen LogP contribution in [0.2, 0.25) is 5.02 Å². The van der Waals surface area contributed by atoms with Crippen LogP contribution < -0.4 is 5.32 Å². The fraction of sp³-hybridized carbons (Fsp3) is 0.412. The van der Waals surface area contributed by atoms with E-state index in [0.29, 0.717) is 6.61 Å². The van der Waals surface area contributed by atoms with Gasteiger partial charge in [0.2, 0.25) is 5.91 Å². The molecule has 0 aromatic heterocycles. The molecule has 1 N–H and O–H groups in total. The van der Waals surface area contributed by atoms with E-state index in [0.717, 1.165) is 0 Å². The Hall–Kier alpha value is -1.92. The van der Waals surface area contributed by atoms with Gasteiger partial charge in [-0.05, 0) is 19.1 Å². The van der Waals surface area contributed by atoms with E-state index in [-0.39, 0.29) is 41.8 Å². The number of piperidine rings is 1. The summed E-state index contributed by atoms with van der Waals surface area (Å²) in [5, 5.41) is 2.68. The average molecular weight is 356 g/mol. The van der Waals surface area contributed by atoms with Crippen LogP contribution in [0.25, 0.3) is 0 Å². The molecule has 2 atom stereocenters. The molecule has 24 heavy (non-hydrogen) atoms. The van der Waals surface area contributed by atoms with Gasteiger partial charge in [-0.25, -0.2) is 4.39 Å². The van der Waals surface area contributed by atoms with Gasteiger partial charge in [0.1, 0.15) is 18.3 Å². The van der Waals surface area contributed by atoms with E-state index in [2.05, 4.69) is 11.9 Å². The van der Waals surface area contributed by atoms with E-state index in [9.17, 15) is 14.0 Å². The Morgan fingerprint density at radius 1 is 1.46 bits per heavy atom. The average Bonchev–Trinajstić information content (AvgIpc) is 2.50. The van der Waals surface area contributed by atoms with Crippen molar-refractivity contribution in [2.75, 3.05) is 19.8 Å². The van der Waals surface area contributed by atoms with Crippen molar-refractivity contribution in [1.82, 2.24) is 5.32 Å². The summed E-state index contributed by atoms with van der Waals surface area (Å²) in [5.41, 5.74) is 0.305. The number of amides is 1. The van der Waals surface area contributed by atoms with Crippen LogP contribution in [0, 0.1) is 11.7 Å². The molecule has 1 saturated heterocycles. The first-order chi connectivity index (χ1) is 11.5. The first-order valence-corrected chi connectivity index (χ1v) is 8.00. The Morgan fingerprint density at radius 2 is 2.21 bits per heavy atom. The molecule has 0 bridgehead atoms. The molecule has 1 aliphatic rings. The van der Waals surface area contributed by atoms with Gasteiger partial charge < -0.3 is 14.8 Å². The van der Waals surface area contributed by atoms with Crippen molar-refractivity contribution >= 4 is 23.5 Å². The van der Waals surface area contributed by atoms with Crippen molar-refractivity contribution in [2.24, 2.45) is 5.92 Å². The molecule has 0 unspecified atom stereocenters. The second-order valence-electron chi connectivity index (χ2n) is 5.36. The number of benzene rings is 1. The fourth-order valence-corrected chi connectivity index (χ4v) is 3.05. The van der Waals surface area contributed by atoms with Gasteiger partial charge in [0.05, 0.1) is 6.61 Å². The molecule has 130 valence electrons. The Bertz CT molecular complexity index is 629. The van der Waals surface area contributed by atoms with Crippen LogP contribution in [0.4, 0.5) is 4.39 Å². The third kappa shape index (κ3) is 4.13. The number of ether oxygens (including phenoxy) is 2. The monoisotopic (exact) mass is 355 g/mol. The second-order valence-corrected chi connectivity index (χ2v) is 5.77. The number of carbonyl (C=O) groups is 2. The molecule has 5 nitrogen and oxygen atoms in total. The molecule has 1 fully saturated rings. The molecule has 1 amide bonds. The summed E-state index contributed by atoms with van der Waals surface area (Å²) in [6, 6.07) is 4.23. The maximum Gasteiger partial charge on any atom is 0.315 e. The highest BCUT2D eigenvalue weighted by Crippen LogP contribution is 2.40. The normalized spacial score (nSPS) is 20.6. The molecule has 1 heterocycles. The van der Waals surface area contributed by atoms with Crippen LogP contribution in [-0.4, -0.2) is 31.7 Å². The largest absolute Gasteiger partial charge is 0.463 e. The van der Waals surface area contributed by atoms with Gasteiger partial charge in [-0.2, -0.15) is 0 Å². The minimum absolute atomic E-state index is 0.0716. The quantitative estimate of drug-likeness (QED) is 0.629. The third-order valence-electron chi connectivity index (χ3n) is 3.78. The van der Waals surface area contributed by atoms with Crippen LogP contribution >= 0.6 is 11.6 Å². The van der Waals surface area contributed by atoms with E-state index in [1.54, 1.807) is 0 Å². The molecule has 0 spiro atoms. The highest BCUT2D eigenvalue weighted by Gasteiger charge is 2.41. The van der Waals surface area contributed by atoms with Gasteiger partial charge in [0.25, 0.3) is 0 Å². The number of hydrogen-bond donors (Lipinski definition) is 1. The number of hydrogen-bond acceptors (Lipinski definition) is 4. The zero-order valence-corrected chi connectivity index (χ0v) is 14.1. The fourth-order valence-electron chi connectivity index (χ4n) is 2.74. The van der Waals surface area contributed by atoms with Crippen LogP contribution in [0.15, 0.2) is 30.5 Å². The number of nitrogens with one attached hydrogen (secondary N) is 1. The number of esters is 1. The lowest BCUT2D eigenvalue weighted by molar-refractivity contribution is -0.150. The molecule has 0 aliphatic carbocycles. The van der Waals surface area contributed by atoms with Gasteiger partial charge in [-0.1, -0.05) is 24.2 Å². The van der Waals surface area contributed by atoms with E-state index < -0.39 is 23.6 Å². The number of halogens is 2. The summed E-state index contributed by atoms with van der Waals surface area (Å²) in [4.78, 5) is 24.3. The third-order valence-corrected chi connectivity index (χ3v) is 4.11. The van der Waals surface area contributed by atoms with Crippen molar-refractivity contribution in [3.8, 4) is 0 Å². The first-order valence-electron chi connectivity index (χ1n) is 7.62. The van der Waals surface area contributed by atoms with Crippen LogP contribution in [0.5, 0.6) is 0 Å². The zero-order valence-electron chi connectivity index (χ0n) is 13.3. The van der Waals surface area contributed by atoms with E-state index in [1.165, 1.54) is 18.2 Å². The summed E-state index contributed by atoms with van der Waals surface area (Å²) in [5.74, 6) is -3.17. The molecular formula is C17H19ClFNO4. The zero-order chi connectivity index (χ0) is 17.7. The maximum atomic E-state index is 14.3. The summed E-state index contributed by atoms with van der Waals surface area (Å²) in [6.45, 7) is 6.39. The molecule has 1 aromatic rings. The lowest BCUT2D eigenvalue weighted by Gasteiger charge is -2.32. The number of carbonyl (C=O) groups excluding carboxylic acids is 2. The van der Waals surface area contributed by atoms with Crippen LogP contribution in [-0.2, 0) is 19.1 Å². The van der Waals surface area contributed by atoms with Crippen molar-refractivity contribution in [3.63, 3.8) is 0 Å². The SMILES string of the molecule is C=C1NC(=O)C[C@@H](c2c(F)cccc2Cl)[C@@H]1C(=O)OCCOCC. The minimum Gasteiger partial charge on any atom is -0.463 e. The minimum atomic E-state index is -0.904. The number of rotatable bonds is 6. The van der Waals surface area contributed by atoms with Gasteiger partial charge >= 0.3 is 5.97 Å². The Kier molecular flexibility index (Phi) is 6.34. The van der Waals surface area contributed by atoms with Crippen molar-refractivity contribution < 1.29 is 23.5 Å². The first kappa shape index (κ1) is 18.4. The summed E-state index contributed by atoms with van der Waals surface area (Å²) in [6.07, 6.45) is -0.0785. The van der Waals surface area contributed by atoms with Crippen molar-refractivity contribution in [1.29, 1.82) is 0 Å². The van der Waals surface area contributed by atoms with Gasteiger partial charge in [0.15, 0.2) is 0 Å². The summed E-state index contributed by atoms with van der Waals surface area (Å²) >= 11 is 6.10. The van der Waals surface area contributed by atoms with Crippen molar-refractivity contribution in [2.45, 2.75) is 19.3 Å². The standard InChI is InChI=1S/C17H19ClFNO4/c1-3-23-7-8-24-17(22)15-10(2)20-14(21)9-11(15)16-12(18)5-4-6-13(16)19/h4-6,11,15H,2-3,7-9H2,1H3,(H,20,21)/t11-,15-/m1/s1. The van der Waals surface area contributed by atoms with E-state index >= 15 is 0 Å². The Labute approximate surface area is 144 Å². The van der Waals surface area contributed by atoms with Gasteiger partial charge in [-0.3, -0.25) is 9.59 Å². The highest BCUT2D eigenvalue weighted by atomic mass is 35.5.